The molecule has 1 aromatic rings. The summed E-state index contributed by atoms with van der Waals surface area (Å²) in [7, 11) is 0. The van der Waals surface area contributed by atoms with Gasteiger partial charge >= 0.3 is 5.97 Å². The molecule has 0 aromatic carbocycles. The van der Waals surface area contributed by atoms with Gasteiger partial charge in [-0.3, -0.25) is 4.98 Å². The molecule has 0 saturated carbocycles. The summed E-state index contributed by atoms with van der Waals surface area (Å²) in [6.07, 6.45) is 0.666. The van der Waals surface area contributed by atoms with Gasteiger partial charge in [0.25, 0.3) is 0 Å². The third-order valence-corrected chi connectivity index (χ3v) is 1.54. The fourth-order valence-corrected chi connectivity index (χ4v) is 0.778. The molecule has 1 atom stereocenters. The average molecular weight is 181 g/mol. The molecular formula is C9H11NO3. The van der Waals surface area contributed by atoms with Crippen LogP contribution in [0.4, 0.5) is 0 Å². The zero-order chi connectivity index (χ0) is 9.84. The summed E-state index contributed by atoms with van der Waals surface area (Å²) in [5.41, 5.74) is 0.871. The summed E-state index contributed by atoms with van der Waals surface area (Å²) in [6.45, 7) is 3.33. The molecule has 1 N–H and O–H groups in total. The van der Waals surface area contributed by atoms with Gasteiger partial charge in [-0.2, -0.15) is 0 Å². The first-order chi connectivity index (χ1) is 6.09. The third-order valence-electron chi connectivity index (χ3n) is 1.54. The van der Waals surface area contributed by atoms with Crippen LogP contribution < -0.4 is 4.74 Å². The second kappa shape index (κ2) is 3.89. The number of carboxylic acid groups (broad SMARTS) is 1. The summed E-state index contributed by atoms with van der Waals surface area (Å²) in [5, 5.41) is 8.55. The monoisotopic (exact) mass is 181 g/mol. The minimum atomic E-state index is -0.986. The minimum absolute atomic E-state index is 0.473. The molecule has 0 bridgehead atoms. The maximum absolute atomic E-state index is 10.4. The summed E-state index contributed by atoms with van der Waals surface area (Å²) in [6, 6.07) is 3.46. The van der Waals surface area contributed by atoms with Crippen LogP contribution in [0.1, 0.15) is 12.6 Å². The van der Waals surface area contributed by atoms with Crippen LogP contribution in [-0.2, 0) is 4.79 Å². The Labute approximate surface area is 76.2 Å². The molecule has 1 rings (SSSR count). The van der Waals surface area contributed by atoms with Crippen molar-refractivity contribution < 1.29 is 14.6 Å². The van der Waals surface area contributed by atoms with Crippen LogP contribution in [0.15, 0.2) is 18.3 Å². The zero-order valence-electron chi connectivity index (χ0n) is 7.52. The van der Waals surface area contributed by atoms with Crippen LogP contribution >= 0.6 is 0 Å². The number of aryl methyl sites for hydroxylation is 1. The van der Waals surface area contributed by atoms with Crippen molar-refractivity contribution in [3.8, 4) is 5.75 Å². The minimum Gasteiger partial charge on any atom is -0.479 e. The quantitative estimate of drug-likeness (QED) is 0.762. The normalized spacial score (nSPS) is 12.2. The predicted octanol–water partition coefficient (Wildman–Crippen LogP) is 1.24. The summed E-state index contributed by atoms with van der Waals surface area (Å²) >= 11 is 0. The molecule has 4 nitrogen and oxygen atoms in total. The van der Waals surface area contributed by atoms with Crippen LogP contribution in [-0.4, -0.2) is 22.2 Å². The van der Waals surface area contributed by atoms with Crippen molar-refractivity contribution in [1.82, 2.24) is 4.98 Å². The molecule has 0 radical (unpaired) electrons. The molecule has 0 aliphatic rings. The smallest absolute Gasteiger partial charge is 0.344 e. The Balaban J connectivity index is 2.64. The number of carbonyl (C=O) groups is 1. The number of aromatic nitrogens is 1. The van der Waals surface area contributed by atoms with E-state index in [-0.39, 0.29) is 0 Å². The second-order valence-corrected chi connectivity index (χ2v) is 2.73. The Morgan fingerprint density at radius 1 is 1.62 bits per heavy atom. The maximum atomic E-state index is 10.4. The van der Waals surface area contributed by atoms with E-state index in [0.29, 0.717) is 5.75 Å². The molecule has 4 heteroatoms. The van der Waals surface area contributed by atoms with E-state index in [1.165, 1.54) is 13.1 Å². The number of ether oxygens (including phenoxy) is 1. The van der Waals surface area contributed by atoms with E-state index < -0.39 is 12.1 Å². The Hall–Kier alpha value is -1.58. The van der Waals surface area contributed by atoms with Gasteiger partial charge in [-0.25, -0.2) is 4.79 Å². The van der Waals surface area contributed by atoms with Crippen LogP contribution in [0, 0.1) is 6.92 Å². The summed E-state index contributed by atoms with van der Waals surface area (Å²) < 4.78 is 5.07. The first kappa shape index (κ1) is 9.51. The Morgan fingerprint density at radius 2 is 2.31 bits per heavy atom. The lowest BCUT2D eigenvalue weighted by Crippen LogP contribution is -2.22. The second-order valence-electron chi connectivity index (χ2n) is 2.73. The van der Waals surface area contributed by atoms with E-state index in [9.17, 15) is 4.79 Å². The molecule has 0 aliphatic heterocycles. The highest BCUT2D eigenvalue weighted by atomic mass is 16.5. The van der Waals surface area contributed by atoms with Gasteiger partial charge in [0, 0.05) is 5.69 Å². The van der Waals surface area contributed by atoms with Gasteiger partial charge in [-0.15, -0.1) is 0 Å². The van der Waals surface area contributed by atoms with E-state index in [0.717, 1.165) is 5.69 Å². The molecule has 1 unspecified atom stereocenters. The highest BCUT2D eigenvalue weighted by Crippen LogP contribution is 2.10. The zero-order valence-corrected chi connectivity index (χ0v) is 7.52. The van der Waals surface area contributed by atoms with Gasteiger partial charge in [0.15, 0.2) is 6.10 Å². The SMILES string of the molecule is Cc1ccc(OC(C)C(=O)O)cn1. The van der Waals surface area contributed by atoms with E-state index in [2.05, 4.69) is 4.98 Å². The van der Waals surface area contributed by atoms with Crippen LogP contribution in [0.2, 0.25) is 0 Å². The predicted molar refractivity (Wildman–Crippen MR) is 46.7 cm³/mol. The molecule has 0 fully saturated rings. The first-order valence-corrected chi connectivity index (χ1v) is 3.91. The lowest BCUT2D eigenvalue weighted by Gasteiger charge is -2.09. The number of hydrogen-bond donors (Lipinski definition) is 1. The van der Waals surface area contributed by atoms with Gasteiger partial charge in [-0.05, 0) is 26.0 Å². The largest absolute Gasteiger partial charge is 0.479 e. The molecular weight excluding hydrogens is 170 g/mol. The van der Waals surface area contributed by atoms with Gasteiger partial charge < -0.3 is 9.84 Å². The van der Waals surface area contributed by atoms with Crippen LogP contribution in [0.25, 0.3) is 0 Å². The lowest BCUT2D eigenvalue weighted by molar-refractivity contribution is -0.144. The van der Waals surface area contributed by atoms with Crippen molar-refractivity contribution in [2.24, 2.45) is 0 Å². The number of rotatable bonds is 3. The van der Waals surface area contributed by atoms with Crippen molar-refractivity contribution in [2.45, 2.75) is 20.0 Å². The molecule has 13 heavy (non-hydrogen) atoms. The fraction of sp³-hybridized carbons (Fsp3) is 0.333. The molecule has 1 aromatic heterocycles. The fourth-order valence-electron chi connectivity index (χ4n) is 0.778. The number of nitrogens with zero attached hydrogens (tertiary/aromatic N) is 1. The Kier molecular flexibility index (Phi) is 2.84. The molecule has 0 amide bonds. The van der Waals surface area contributed by atoms with Gasteiger partial charge in [-0.1, -0.05) is 0 Å². The van der Waals surface area contributed by atoms with Gasteiger partial charge in [0.05, 0.1) is 6.20 Å². The highest BCUT2D eigenvalue weighted by Gasteiger charge is 2.11. The molecule has 0 spiro atoms. The van der Waals surface area contributed by atoms with E-state index >= 15 is 0 Å². The highest BCUT2D eigenvalue weighted by molar-refractivity contribution is 5.72. The van der Waals surface area contributed by atoms with Crippen LogP contribution in [0.5, 0.6) is 5.75 Å². The van der Waals surface area contributed by atoms with Crippen molar-refractivity contribution in [3.05, 3.63) is 24.0 Å². The Morgan fingerprint density at radius 3 is 2.77 bits per heavy atom. The van der Waals surface area contributed by atoms with Crippen molar-refractivity contribution in [1.29, 1.82) is 0 Å². The number of hydrogen-bond acceptors (Lipinski definition) is 3. The lowest BCUT2D eigenvalue weighted by atomic mass is 10.3. The van der Waals surface area contributed by atoms with Gasteiger partial charge in [0.1, 0.15) is 5.75 Å². The summed E-state index contributed by atoms with van der Waals surface area (Å²) in [5.74, 6) is -0.513. The molecule has 70 valence electrons. The number of carboxylic acids is 1. The number of aliphatic carboxylic acids is 1. The Bertz CT molecular complexity index is 294. The first-order valence-electron chi connectivity index (χ1n) is 3.91. The van der Waals surface area contributed by atoms with Crippen molar-refractivity contribution >= 4 is 5.97 Å². The van der Waals surface area contributed by atoms with Gasteiger partial charge in [0.2, 0.25) is 0 Å². The van der Waals surface area contributed by atoms with E-state index in [1.807, 2.05) is 6.92 Å². The average Bonchev–Trinajstić information content (AvgIpc) is 2.08. The number of pyridine rings is 1. The standard InChI is InChI=1S/C9H11NO3/c1-6-3-4-8(5-10-6)13-7(2)9(11)12/h3-5,7H,1-2H3,(H,11,12). The molecule has 0 saturated heterocycles. The van der Waals surface area contributed by atoms with E-state index in [1.54, 1.807) is 12.1 Å². The summed E-state index contributed by atoms with van der Waals surface area (Å²) in [4.78, 5) is 14.4. The van der Waals surface area contributed by atoms with Crippen molar-refractivity contribution in [3.63, 3.8) is 0 Å². The molecule has 1 heterocycles. The van der Waals surface area contributed by atoms with E-state index in [4.69, 9.17) is 9.84 Å². The maximum Gasteiger partial charge on any atom is 0.344 e. The van der Waals surface area contributed by atoms with Crippen molar-refractivity contribution in [2.75, 3.05) is 0 Å². The molecule has 0 aliphatic carbocycles. The third kappa shape index (κ3) is 2.74. The van der Waals surface area contributed by atoms with Crippen LogP contribution in [0.3, 0.4) is 0 Å². The topological polar surface area (TPSA) is 59.4 Å².